The Hall–Kier alpha value is -1.06. The van der Waals surface area contributed by atoms with Crippen LogP contribution in [0.4, 0.5) is 0 Å². The van der Waals surface area contributed by atoms with Crippen LogP contribution < -0.4 is 5.73 Å². The summed E-state index contributed by atoms with van der Waals surface area (Å²) >= 11 is 0. The summed E-state index contributed by atoms with van der Waals surface area (Å²) in [5.41, 5.74) is 7.15. The highest BCUT2D eigenvalue weighted by Gasteiger charge is 2.27. The van der Waals surface area contributed by atoms with Gasteiger partial charge in [0.15, 0.2) is 5.78 Å². The summed E-state index contributed by atoms with van der Waals surface area (Å²) in [4.78, 5) is 11.9. The molecule has 0 amide bonds. The van der Waals surface area contributed by atoms with Crippen molar-refractivity contribution in [2.75, 3.05) is 6.54 Å². The number of rotatable bonds is 2. The zero-order valence-electron chi connectivity index (χ0n) is 13.2. The maximum Gasteiger partial charge on any atom is 0.176 e. The minimum Gasteiger partial charge on any atom is -0.507 e. The van der Waals surface area contributed by atoms with Crippen molar-refractivity contribution in [3.8, 4) is 5.75 Å². The number of hydrogen-bond donors (Lipinski definition) is 2. The van der Waals surface area contributed by atoms with Gasteiger partial charge in [-0.3, -0.25) is 4.79 Å². The number of hydrogen-bond acceptors (Lipinski definition) is 3. The molecule has 1 aromatic carbocycles. The lowest BCUT2D eigenvalue weighted by Crippen LogP contribution is -2.21. The van der Waals surface area contributed by atoms with Gasteiger partial charge in [-0.1, -0.05) is 41.5 Å². The molecule has 0 fully saturated rings. The van der Waals surface area contributed by atoms with E-state index in [0.717, 1.165) is 11.1 Å². The van der Waals surface area contributed by atoms with Gasteiger partial charge in [-0.15, -0.1) is 12.4 Å². The number of ketones is 1. The predicted molar refractivity (Wildman–Crippen MR) is 86.1 cm³/mol. The molecule has 0 radical (unpaired) electrons. The molecule has 0 bridgehead atoms. The first-order valence-corrected chi connectivity index (χ1v) is 6.59. The molecule has 1 aromatic rings. The van der Waals surface area contributed by atoms with Crippen LogP contribution in [-0.4, -0.2) is 17.4 Å². The molecule has 3 N–H and O–H groups in total. The van der Waals surface area contributed by atoms with Crippen molar-refractivity contribution in [1.29, 1.82) is 0 Å². The molecule has 3 nitrogen and oxygen atoms in total. The molecule has 0 aliphatic heterocycles. The average molecular weight is 300 g/mol. The number of halogens is 1. The Labute approximate surface area is 128 Å². The monoisotopic (exact) mass is 299 g/mol. The summed E-state index contributed by atoms with van der Waals surface area (Å²) in [6.07, 6.45) is 0. The molecule has 0 heterocycles. The van der Waals surface area contributed by atoms with Crippen molar-refractivity contribution in [3.63, 3.8) is 0 Å². The minimum absolute atomic E-state index is 0. The molecule has 114 valence electrons. The van der Waals surface area contributed by atoms with Crippen molar-refractivity contribution in [3.05, 3.63) is 28.8 Å². The van der Waals surface area contributed by atoms with E-state index in [1.54, 1.807) is 12.1 Å². The van der Waals surface area contributed by atoms with Crippen LogP contribution in [0.5, 0.6) is 5.75 Å². The van der Waals surface area contributed by atoms with Gasteiger partial charge in [0.1, 0.15) is 5.75 Å². The third-order valence-corrected chi connectivity index (χ3v) is 3.23. The zero-order valence-corrected chi connectivity index (χ0v) is 14.0. The van der Waals surface area contributed by atoms with Crippen molar-refractivity contribution in [2.45, 2.75) is 52.4 Å². The summed E-state index contributed by atoms with van der Waals surface area (Å²) < 4.78 is 0. The first kappa shape index (κ1) is 18.9. The average Bonchev–Trinajstić information content (AvgIpc) is 2.25. The predicted octanol–water partition coefficient (Wildman–Crippen LogP) is 3.55. The highest BCUT2D eigenvalue weighted by Crippen LogP contribution is 2.39. The van der Waals surface area contributed by atoms with E-state index in [2.05, 4.69) is 0 Å². The normalized spacial score (nSPS) is 11.9. The molecule has 1 rings (SSSR count). The van der Waals surface area contributed by atoms with E-state index in [9.17, 15) is 9.90 Å². The fourth-order valence-electron chi connectivity index (χ4n) is 2.06. The minimum atomic E-state index is -0.227. The fourth-order valence-corrected chi connectivity index (χ4v) is 2.06. The van der Waals surface area contributed by atoms with E-state index in [1.807, 2.05) is 41.5 Å². The quantitative estimate of drug-likeness (QED) is 0.821. The number of benzene rings is 1. The molecule has 0 saturated heterocycles. The summed E-state index contributed by atoms with van der Waals surface area (Å²) in [6, 6.07) is 3.53. The van der Waals surface area contributed by atoms with E-state index in [0.29, 0.717) is 5.56 Å². The number of nitrogens with two attached hydrogens (primary N) is 1. The first-order valence-electron chi connectivity index (χ1n) is 6.59. The van der Waals surface area contributed by atoms with Gasteiger partial charge in [-0.25, -0.2) is 0 Å². The molecular weight excluding hydrogens is 274 g/mol. The molecule has 20 heavy (non-hydrogen) atoms. The Morgan fingerprint density at radius 1 is 1.05 bits per heavy atom. The second kappa shape index (κ2) is 6.15. The van der Waals surface area contributed by atoms with Crippen molar-refractivity contribution in [1.82, 2.24) is 0 Å². The lowest BCUT2D eigenvalue weighted by molar-refractivity contribution is 0.100. The number of phenols is 1. The summed E-state index contributed by atoms with van der Waals surface area (Å²) in [7, 11) is 0. The Morgan fingerprint density at radius 2 is 1.40 bits per heavy atom. The molecule has 0 unspecified atom stereocenters. The maximum atomic E-state index is 11.9. The van der Waals surface area contributed by atoms with Crippen LogP contribution in [-0.2, 0) is 10.8 Å². The van der Waals surface area contributed by atoms with Gasteiger partial charge < -0.3 is 10.8 Å². The Morgan fingerprint density at radius 3 is 1.65 bits per heavy atom. The Bertz CT molecular complexity index is 461. The lowest BCUT2D eigenvalue weighted by atomic mass is 9.78. The Balaban J connectivity index is 0.00000361. The second-order valence-electron chi connectivity index (χ2n) is 7.05. The molecule has 0 spiro atoms. The van der Waals surface area contributed by atoms with Crippen LogP contribution >= 0.6 is 12.4 Å². The lowest BCUT2D eigenvalue weighted by Gasteiger charge is -2.28. The number of carbonyl (C=O) groups excluding carboxylic acids is 1. The third kappa shape index (κ3) is 3.97. The van der Waals surface area contributed by atoms with Crippen LogP contribution in [0.1, 0.15) is 63.0 Å². The number of carbonyl (C=O) groups is 1. The Kier molecular flexibility index (Phi) is 5.82. The molecule has 4 heteroatoms. The van der Waals surface area contributed by atoms with Gasteiger partial charge in [0.2, 0.25) is 0 Å². The highest BCUT2D eigenvalue weighted by atomic mass is 35.5. The van der Waals surface area contributed by atoms with Gasteiger partial charge in [-0.05, 0) is 23.0 Å². The standard InChI is InChI=1S/C16H25NO2.ClH/c1-15(2,3)11-7-10(13(18)9-17)8-12(14(11)19)16(4,5)6;/h7-8,19H,9,17H2,1-6H3;1H. The van der Waals surface area contributed by atoms with Gasteiger partial charge in [-0.2, -0.15) is 0 Å². The molecular formula is C16H26ClNO2. The molecule has 0 aromatic heterocycles. The van der Waals surface area contributed by atoms with Crippen LogP contribution in [0.25, 0.3) is 0 Å². The fraction of sp³-hybridized carbons (Fsp3) is 0.562. The van der Waals surface area contributed by atoms with Crippen LogP contribution in [0.15, 0.2) is 12.1 Å². The van der Waals surface area contributed by atoms with Gasteiger partial charge >= 0.3 is 0 Å². The second-order valence-corrected chi connectivity index (χ2v) is 7.05. The number of phenolic OH excluding ortho intramolecular Hbond substituents is 1. The van der Waals surface area contributed by atoms with Gasteiger partial charge in [0.05, 0.1) is 6.54 Å². The van der Waals surface area contributed by atoms with Crippen LogP contribution in [0.2, 0.25) is 0 Å². The summed E-state index contributed by atoms with van der Waals surface area (Å²) in [5.74, 6) is 0.185. The van der Waals surface area contributed by atoms with E-state index in [-0.39, 0.29) is 41.3 Å². The molecule has 0 aliphatic carbocycles. The number of Topliss-reactive ketones (excluding diaryl/α,β-unsaturated/α-hetero) is 1. The SMILES string of the molecule is CC(C)(C)c1cc(C(=O)CN)cc(C(C)(C)C)c1O.Cl. The first-order chi connectivity index (χ1) is 8.48. The van der Waals surface area contributed by atoms with E-state index in [4.69, 9.17) is 5.73 Å². The number of aromatic hydroxyl groups is 1. The topological polar surface area (TPSA) is 63.3 Å². The smallest absolute Gasteiger partial charge is 0.176 e. The summed E-state index contributed by atoms with van der Waals surface area (Å²) in [5, 5.41) is 10.5. The van der Waals surface area contributed by atoms with Crippen LogP contribution in [0.3, 0.4) is 0 Å². The van der Waals surface area contributed by atoms with E-state index >= 15 is 0 Å². The van der Waals surface area contributed by atoms with Crippen molar-refractivity contribution in [2.24, 2.45) is 5.73 Å². The van der Waals surface area contributed by atoms with Crippen LogP contribution in [0, 0.1) is 0 Å². The third-order valence-electron chi connectivity index (χ3n) is 3.23. The highest BCUT2D eigenvalue weighted by molar-refractivity contribution is 5.98. The largest absolute Gasteiger partial charge is 0.507 e. The molecule has 0 saturated carbocycles. The van der Waals surface area contributed by atoms with Gasteiger partial charge in [0.25, 0.3) is 0 Å². The van der Waals surface area contributed by atoms with Crippen molar-refractivity contribution >= 4 is 18.2 Å². The molecule has 0 aliphatic rings. The zero-order chi connectivity index (χ0) is 15.0. The molecule has 0 atom stereocenters. The van der Waals surface area contributed by atoms with E-state index in [1.165, 1.54) is 0 Å². The maximum absolute atomic E-state index is 11.9. The van der Waals surface area contributed by atoms with E-state index < -0.39 is 0 Å². The van der Waals surface area contributed by atoms with Crippen molar-refractivity contribution < 1.29 is 9.90 Å². The summed E-state index contributed by atoms with van der Waals surface area (Å²) in [6.45, 7) is 12.1. The van der Waals surface area contributed by atoms with Gasteiger partial charge in [0, 0.05) is 16.7 Å².